The van der Waals surface area contributed by atoms with Crippen LogP contribution in [0.5, 0.6) is 0 Å². The van der Waals surface area contributed by atoms with Crippen LogP contribution >= 0.6 is 0 Å². The van der Waals surface area contributed by atoms with Crippen molar-refractivity contribution >= 4 is 41.6 Å². The van der Waals surface area contributed by atoms with Gasteiger partial charge in [-0.15, -0.1) is 0 Å². The molecule has 0 spiro atoms. The second-order valence-electron chi connectivity index (χ2n) is 12.1. The number of amides is 1. The van der Waals surface area contributed by atoms with Crippen LogP contribution in [0.15, 0.2) is 104 Å². The van der Waals surface area contributed by atoms with Crippen molar-refractivity contribution in [3.05, 3.63) is 109 Å². The number of carbonyl (C=O) groups excluding carboxylic acids is 1. The number of benzene rings is 3. The minimum Gasteiger partial charge on any atom is -0.399 e. The fourth-order valence-electron chi connectivity index (χ4n) is 6.31. The molecule has 10 nitrogen and oxygen atoms in total. The summed E-state index contributed by atoms with van der Waals surface area (Å²) in [6.07, 6.45) is 0.854. The Hall–Kier alpha value is -4.26. The number of aromatic nitrogens is 4. The average Bonchev–Trinajstić information content (AvgIpc) is 3.65. The van der Waals surface area contributed by atoms with Crippen molar-refractivity contribution in [1.82, 2.24) is 19.5 Å². The van der Waals surface area contributed by atoms with Gasteiger partial charge in [0, 0.05) is 19.2 Å². The number of anilines is 1. The predicted molar refractivity (Wildman–Crippen MR) is 176 cm³/mol. The SMILES string of the molecule is COC1C(O[Si](c2ccccc2)(c2ccccc2)C(C)(C)C)[C@@H](CN)O[C@H]1n1cnc2c(NC(=O)c3ccccc3)ncnc21. The average molecular weight is 623 g/mol. The molecule has 0 bridgehead atoms. The molecule has 1 aliphatic rings. The molecule has 0 saturated carbocycles. The maximum Gasteiger partial charge on any atom is 0.261 e. The highest BCUT2D eigenvalue weighted by molar-refractivity contribution is 6.99. The topological polar surface area (TPSA) is 126 Å². The molecule has 1 amide bonds. The predicted octanol–water partition coefficient (Wildman–Crippen LogP) is 3.89. The molecule has 232 valence electrons. The van der Waals surface area contributed by atoms with Crippen molar-refractivity contribution in [2.75, 3.05) is 19.0 Å². The lowest BCUT2D eigenvalue weighted by molar-refractivity contribution is -0.0476. The van der Waals surface area contributed by atoms with Gasteiger partial charge in [0.05, 0.1) is 6.33 Å². The standard InChI is InChI=1S/C34H38N6O4Si/c1-34(2,3)45(24-16-10-6-11-17-24,25-18-12-7-13-19-25)44-28-26(20-35)43-33(29(28)42-4)40-22-38-27-30(36-21-37-31(27)40)39-32(41)23-14-8-5-9-15-23/h5-19,21-22,26,28-29,33H,20,35H2,1-4H3,(H,36,37,39,41)/t26-,28?,29?,33-/m1/s1. The number of fused-ring (bicyclic) bond motifs is 1. The molecule has 1 saturated heterocycles. The summed E-state index contributed by atoms with van der Waals surface area (Å²) in [6.45, 7) is 6.92. The van der Waals surface area contributed by atoms with Crippen molar-refractivity contribution in [2.24, 2.45) is 5.73 Å². The lowest BCUT2D eigenvalue weighted by atomic mass is 10.1. The number of nitrogens with two attached hydrogens (primary N) is 1. The maximum absolute atomic E-state index is 12.9. The highest BCUT2D eigenvalue weighted by atomic mass is 28.4. The van der Waals surface area contributed by atoms with Gasteiger partial charge in [-0.1, -0.05) is 99.6 Å². The van der Waals surface area contributed by atoms with E-state index in [9.17, 15) is 4.79 Å². The first-order chi connectivity index (χ1) is 21.8. The Morgan fingerprint density at radius 3 is 2.07 bits per heavy atom. The zero-order valence-electron chi connectivity index (χ0n) is 25.8. The van der Waals surface area contributed by atoms with E-state index in [1.807, 2.05) is 18.2 Å². The number of carbonyl (C=O) groups is 1. The minimum absolute atomic E-state index is 0.221. The van der Waals surface area contributed by atoms with Crippen molar-refractivity contribution < 1.29 is 18.7 Å². The number of methoxy groups -OCH3 is 1. The molecule has 2 unspecified atom stereocenters. The molecule has 3 N–H and O–H groups in total. The van der Waals surface area contributed by atoms with Crippen molar-refractivity contribution in [3.8, 4) is 0 Å². The zero-order valence-corrected chi connectivity index (χ0v) is 26.8. The molecule has 2 aromatic heterocycles. The van der Waals surface area contributed by atoms with Gasteiger partial charge >= 0.3 is 0 Å². The first kappa shape index (κ1) is 30.7. The molecule has 4 atom stereocenters. The number of rotatable bonds is 9. The summed E-state index contributed by atoms with van der Waals surface area (Å²) in [5.74, 6) is 0.00838. The summed E-state index contributed by atoms with van der Waals surface area (Å²) in [5, 5.41) is 4.91. The van der Waals surface area contributed by atoms with E-state index in [2.05, 4.69) is 89.6 Å². The van der Waals surface area contributed by atoms with Crippen LogP contribution in [-0.2, 0) is 13.9 Å². The first-order valence-corrected chi connectivity index (χ1v) is 16.9. The molecule has 0 radical (unpaired) electrons. The Kier molecular flexibility index (Phi) is 8.62. The van der Waals surface area contributed by atoms with E-state index in [1.54, 1.807) is 42.3 Å². The molecular weight excluding hydrogens is 584 g/mol. The number of hydrogen-bond donors (Lipinski definition) is 2. The molecular formula is C34H38N6O4Si. The number of ether oxygens (including phenoxy) is 2. The van der Waals surface area contributed by atoms with Crippen LogP contribution in [0, 0.1) is 0 Å². The molecule has 5 aromatic rings. The third-order valence-electron chi connectivity index (χ3n) is 8.42. The van der Waals surface area contributed by atoms with E-state index >= 15 is 0 Å². The third kappa shape index (κ3) is 5.58. The van der Waals surface area contributed by atoms with Crippen LogP contribution in [0.25, 0.3) is 11.2 Å². The van der Waals surface area contributed by atoms with Gasteiger partial charge in [-0.05, 0) is 27.5 Å². The Morgan fingerprint density at radius 2 is 1.51 bits per heavy atom. The van der Waals surface area contributed by atoms with Gasteiger partial charge in [-0.25, -0.2) is 15.0 Å². The Balaban J connectivity index is 1.39. The molecule has 3 aromatic carbocycles. The van der Waals surface area contributed by atoms with Crippen molar-refractivity contribution in [1.29, 1.82) is 0 Å². The number of nitrogens with one attached hydrogen (secondary N) is 1. The molecule has 1 aliphatic heterocycles. The maximum atomic E-state index is 12.9. The Morgan fingerprint density at radius 1 is 0.911 bits per heavy atom. The fourth-order valence-corrected chi connectivity index (χ4v) is 11.0. The van der Waals surface area contributed by atoms with Gasteiger partial charge in [-0.2, -0.15) is 0 Å². The lowest BCUT2D eigenvalue weighted by Crippen LogP contribution is -2.69. The number of imidazole rings is 1. The van der Waals surface area contributed by atoms with Gasteiger partial charge in [0.25, 0.3) is 14.2 Å². The van der Waals surface area contributed by atoms with Crippen molar-refractivity contribution in [2.45, 2.75) is 50.3 Å². The van der Waals surface area contributed by atoms with E-state index < -0.39 is 32.9 Å². The highest BCUT2D eigenvalue weighted by Crippen LogP contribution is 2.42. The van der Waals surface area contributed by atoms with E-state index in [1.165, 1.54) is 6.33 Å². The molecule has 11 heteroatoms. The molecule has 1 fully saturated rings. The van der Waals surface area contributed by atoms with Crippen LogP contribution in [-0.4, -0.2) is 65.7 Å². The van der Waals surface area contributed by atoms with Crippen LogP contribution in [0.1, 0.15) is 37.4 Å². The molecule has 6 rings (SSSR count). The largest absolute Gasteiger partial charge is 0.399 e. The molecule has 45 heavy (non-hydrogen) atoms. The lowest BCUT2D eigenvalue weighted by Gasteiger charge is -2.45. The zero-order chi connectivity index (χ0) is 31.6. The van der Waals surface area contributed by atoms with E-state index in [0.717, 1.165) is 10.4 Å². The second kappa shape index (κ2) is 12.6. The normalized spacial score (nSPS) is 20.4. The molecule has 3 heterocycles. The summed E-state index contributed by atoms with van der Waals surface area (Å²) < 4.78 is 22.1. The van der Waals surface area contributed by atoms with E-state index in [4.69, 9.17) is 19.6 Å². The van der Waals surface area contributed by atoms with Gasteiger partial charge in [-0.3, -0.25) is 9.36 Å². The van der Waals surface area contributed by atoms with E-state index in [-0.39, 0.29) is 17.5 Å². The van der Waals surface area contributed by atoms with E-state index in [0.29, 0.717) is 22.5 Å². The summed E-state index contributed by atoms with van der Waals surface area (Å²) in [7, 11) is -1.32. The van der Waals surface area contributed by atoms with Gasteiger partial charge in [0.1, 0.15) is 24.6 Å². The Bertz CT molecular complexity index is 1710. The smallest absolute Gasteiger partial charge is 0.261 e. The summed E-state index contributed by atoms with van der Waals surface area (Å²) in [5.41, 5.74) is 7.80. The molecule has 0 aliphatic carbocycles. The van der Waals surface area contributed by atoms with Gasteiger partial charge in [0.2, 0.25) is 0 Å². The number of hydrogen-bond acceptors (Lipinski definition) is 8. The minimum atomic E-state index is -2.97. The second-order valence-corrected chi connectivity index (χ2v) is 16.4. The van der Waals surface area contributed by atoms with Gasteiger partial charge < -0.3 is 25.0 Å². The highest BCUT2D eigenvalue weighted by Gasteiger charge is 2.56. The number of nitrogens with zero attached hydrogens (tertiary/aromatic N) is 4. The van der Waals surface area contributed by atoms with Gasteiger partial charge in [0.15, 0.2) is 23.2 Å². The third-order valence-corrected chi connectivity index (χ3v) is 13.5. The fraction of sp³-hybridized carbons (Fsp3) is 0.294. The Labute approximate surface area is 263 Å². The summed E-state index contributed by atoms with van der Waals surface area (Å²) >= 11 is 0. The van der Waals surface area contributed by atoms with Crippen LogP contribution in [0.4, 0.5) is 5.82 Å². The monoisotopic (exact) mass is 622 g/mol. The van der Waals surface area contributed by atoms with Crippen LogP contribution < -0.4 is 21.4 Å². The first-order valence-electron chi connectivity index (χ1n) is 15.0. The summed E-state index contributed by atoms with van der Waals surface area (Å²) in [6, 6.07) is 29.8. The van der Waals surface area contributed by atoms with Crippen molar-refractivity contribution in [3.63, 3.8) is 0 Å². The quantitative estimate of drug-likeness (QED) is 0.237. The van der Waals surface area contributed by atoms with Crippen LogP contribution in [0.2, 0.25) is 5.04 Å². The summed E-state index contributed by atoms with van der Waals surface area (Å²) in [4.78, 5) is 26.3. The van der Waals surface area contributed by atoms with Crippen LogP contribution in [0.3, 0.4) is 0 Å².